The maximum atomic E-state index is 14.0. The Balaban J connectivity index is 1.60. The first-order valence-electron chi connectivity index (χ1n) is 7.84. The zero-order valence-electron chi connectivity index (χ0n) is 13.9. The number of anilines is 1. The first-order valence-corrected chi connectivity index (χ1v) is 8.64. The Labute approximate surface area is 157 Å². The predicted molar refractivity (Wildman–Crippen MR) is 98.3 cm³/mol. The van der Waals surface area contributed by atoms with Gasteiger partial charge in [-0.05, 0) is 53.2 Å². The molecule has 1 heterocycles. The number of benzene rings is 2. The van der Waals surface area contributed by atoms with Gasteiger partial charge < -0.3 is 10.6 Å². The van der Waals surface area contributed by atoms with Gasteiger partial charge in [-0.3, -0.25) is 4.79 Å². The van der Waals surface area contributed by atoms with E-state index in [0.717, 1.165) is 10.0 Å². The van der Waals surface area contributed by atoms with E-state index in [1.54, 1.807) is 6.07 Å². The quantitative estimate of drug-likeness (QED) is 0.642. The SMILES string of the molecule is CC(NC(=O)CNc1cc(-n2cnnn2)ccc1F)c1ccc(Br)cc1. The molecule has 9 heteroatoms. The van der Waals surface area contributed by atoms with Gasteiger partial charge >= 0.3 is 0 Å². The average Bonchev–Trinajstić information content (AvgIpc) is 3.16. The molecule has 0 spiro atoms. The van der Waals surface area contributed by atoms with Crippen LogP contribution in [0, 0.1) is 5.82 Å². The lowest BCUT2D eigenvalue weighted by Crippen LogP contribution is -2.32. The minimum absolute atomic E-state index is 0.0587. The maximum Gasteiger partial charge on any atom is 0.239 e. The minimum atomic E-state index is -0.462. The van der Waals surface area contributed by atoms with Gasteiger partial charge in [-0.15, -0.1) is 5.10 Å². The lowest BCUT2D eigenvalue weighted by atomic mass is 10.1. The smallest absolute Gasteiger partial charge is 0.239 e. The molecule has 2 N–H and O–H groups in total. The number of tetrazole rings is 1. The zero-order valence-corrected chi connectivity index (χ0v) is 15.4. The van der Waals surface area contributed by atoms with Gasteiger partial charge in [0.05, 0.1) is 24.0 Å². The molecule has 0 aliphatic carbocycles. The number of rotatable bonds is 6. The highest BCUT2D eigenvalue weighted by molar-refractivity contribution is 9.10. The average molecular weight is 419 g/mol. The largest absolute Gasteiger partial charge is 0.374 e. The Bertz CT molecular complexity index is 885. The van der Waals surface area contributed by atoms with E-state index in [1.165, 1.54) is 23.1 Å². The third-order valence-corrected chi connectivity index (χ3v) is 4.28. The van der Waals surface area contributed by atoms with E-state index in [0.29, 0.717) is 5.69 Å². The summed E-state index contributed by atoms with van der Waals surface area (Å²) < 4.78 is 16.3. The van der Waals surface area contributed by atoms with E-state index in [-0.39, 0.29) is 24.2 Å². The summed E-state index contributed by atoms with van der Waals surface area (Å²) in [5.74, 6) is -0.705. The van der Waals surface area contributed by atoms with Crippen molar-refractivity contribution in [2.24, 2.45) is 0 Å². The summed E-state index contributed by atoms with van der Waals surface area (Å²) in [6, 6.07) is 11.9. The first-order chi connectivity index (χ1) is 12.5. The fraction of sp³-hybridized carbons (Fsp3) is 0.176. The maximum absolute atomic E-state index is 14.0. The Morgan fingerprint density at radius 3 is 2.73 bits per heavy atom. The number of hydrogen-bond acceptors (Lipinski definition) is 5. The molecule has 2 aromatic carbocycles. The van der Waals surface area contributed by atoms with Gasteiger partial charge in [-0.1, -0.05) is 28.1 Å². The number of carbonyl (C=O) groups is 1. The molecule has 0 bridgehead atoms. The van der Waals surface area contributed by atoms with Gasteiger partial charge in [0.1, 0.15) is 12.1 Å². The molecule has 134 valence electrons. The Morgan fingerprint density at radius 1 is 1.27 bits per heavy atom. The summed E-state index contributed by atoms with van der Waals surface area (Å²) >= 11 is 3.38. The van der Waals surface area contributed by atoms with Crippen LogP contribution in [0.5, 0.6) is 0 Å². The van der Waals surface area contributed by atoms with Gasteiger partial charge in [-0.2, -0.15) is 0 Å². The number of hydrogen-bond donors (Lipinski definition) is 2. The fourth-order valence-electron chi connectivity index (χ4n) is 2.37. The van der Waals surface area contributed by atoms with Gasteiger partial charge in [0.2, 0.25) is 5.91 Å². The lowest BCUT2D eigenvalue weighted by Gasteiger charge is -2.15. The molecule has 1 amide bonds. The van der Waals surface area contributed by atoms with Crippen LogP contribution in [0.4, 0.5) is 10.1 Å². The van der Waals surface area contributed by atoms with E-state index >= 15 is 0 Å². The summed E-state index contributed by atoms with van der Waals surface area (Å²) in [6.07, 6.45) is 1.41. The van der Waals surface area contributed by atoms with E-state index in [2.05, 4.69) is 42.1 Å². The highest BCUT2D eigenvalue weighted by Crippen LogP contribution is 2.19. The van der Waals surface area contributed by atoms with Crippen molar-refractivity contribution in [3.63, 3.8) is 0 Å². The molecule has 1 atom stereocenters. The van der Waals surface area contributed by atoms with Crippen molar-refractivity contribution in [2.45, 2.75) is 13.0 Å². The van der Waals surface area contributed by atoms with Crippen LogP contribution in [-0.4, -0.2) is 32.7 Å². The lowest BCUT2D eigenvalue weighted by molar-refractivity contribution is -0.120. The van der Waals surface area contributed by atoms with Crippen molar-refractivity contribution in [3.8, 4) is 5.69 Å². The van der Waals surface area contributed by atoms with Gasteiger partial charge in [0.15, 0.2) is 0 Å². The highest BCUT2D eigenvalue weighted by Gasteiger charge is 2.11. The van der Waals surface area contributed by atoms with Crippen LogP contribution in [0.25, 0.3) is 5.69 Å². The summed E-state index contributed by atoms with van der Waals surface area (Å²) in [7, 11) is 0. The van der Waals surface area contributed by atoms with Crippen LogP contribution in [0.3, 0.4) is 0 Å². The van der Waals surface area contributed by atoms with Crippen LogP contribution in [0.2, 0.25) is 0 Å². The molecule has 3 rings (SSSR count). The van der Waals surface area contributed by atoms with Gasteiger partial charge in [0.25, 0.3) is 0 Å². The normalized spacial score (nSPS) is 11.8. The Kier molecular flexibility index (Phi) is 5.57. The van der Waals surface area contributed by atoms with Crippen LogP contribution in [-0.2, 0) is 4.79 Å². The molecule has 3 aromatic rings. The van der Waals surface area contributed by atoms with Crippen molar-refractivity contribution < 1.29 is 9.18 Å². The summed E-state index contributed by atoms with van der Waals surface area (Å²) in [5, 5.41) is 16.5. The van der Waals surface area contributed by atoms with Gasteiger partial charge in [0, 0.05) is 4.47 Å². The third-order valence-electron chi connectivity index (χ3n) is 3.75. The summed E-state index contributed by atoms with van der Waals surface area (Å²) in [6.45, 7) is 1.83. The van der Waals surface area contributed by atoms with Crippen molar-refractivity contribution >= 4 is 27.5 Å². The fourth-order valence-corrected chi connectivity index (χ4v) is 2.64. The second kappa shape index (κ2) is 8.05. The van der Waals surface area contributed by atoms with Gasteiger partial charge in [-0.25, -0.2) is 9.07 Å². The topological polar surface area (TPSA) is 84.7 Å². The predicted octanol–water partition coefficient (Wildman–Crippen LogP) is 2.85. The van der Waals surface area contributed by atoms with Crippen molar-refractivity contribution in [3.05, 3.63) is 64.6 Å². The monoisotopic (exact) mass is 418 g/mol. The van der Waals surface area contributed by atoms with Crippen molar-refractivity contribution in [1.29, 1.82) is 0 Å². The molecule has 7 nitrogen and oxygen atoms in total. The molecule has 0 aliphatic rings. The van der Waals surface area contributed by atoms with E-state index in [9.17, 15) is 9.18 Å². The third kappa shape index (κ3) is 4.42. The molecule has 1 unspecified atom stereocenters. The number of amides is 1. The number of carbonyl (C=O) groups excluding carboxylic acids is 1. The summed E-state index contributed by atoms with van der Waals surface area (Å²) in [5.41, 5.74) is 1.76. The second-order valence-electron chi connectivity index (χ2n) is 5.61. The molecular weight excluding hydrogens is 403 g/mol. The molecule has 0 saturated heterocycles. The molecule has 0 saturated carbocycles. The minimum Gasteiger partial charge on any atom is -0.374 e. The molecule has 0 aliphatic heterocycles. The standard InChI is InChI=1S/C17H16BrFN6O/c1-11(12-2-4-13(18)5-3-12)22-17(26)9-20-16-8-14(6-7-15(16)19)25-10-21-23-24-25/h2-8,10-11,20H,9H2,1H3,(H,22,26). The number of halogens is 2. The molecule has 0 radical (unpaired) electrons. The number of nitrogens with one attached hydrogen (secondary N) is 2. The molecule has 1 aromatic heterocycles. The van der Waals surface area contributed by atoms with Crippen LogP contribution in [0.1, 0.15) is 18.5 Å². The Hall–Kier alpha value is -2.81. The Morgan fingerprint density at radius 2 is 2.04 bits per heavy atom. The second-order valence-corrected chi connectivity index (χ2v) is 6.53. The molecule has 0 fully saturated rings. The first kappa shape index (κ1) is 18.0. The van der Waals surface area contributed by atoms with E-state index in [1.807, 2.05) is 31.2 Å². The molecule has 26 heavy (non-hydrogen) atoms. The van der Waals surface area contributed by atoms with E-state index in [4.69, 9.17) is 0 Å². The zero-order chi connectivity index (χ0) is 18.5. The van der Waals surface area contributed by atoms with Crippen molar-refractivity contribution in [1.82, 2.24) is 25.5 Å². The molecular formula is C17H16BrFN6O. The van der Waals surface area contributed by atoms with Crippen LogP contribution in [0.15, 0.2) is 53.3 Å². The number of nitrogens with zero attached hydrogens (tertiary/aromatic N) is 4. The highest BCUT2D eigenvalue weighted by atomic mass is 79.9. The summed E-state index contributed by atoms with van der Waals surface area (Å²) in [4.78, 5) is 12.1. The van der Waals surface area contributed by atoms with E-state index < -0.39 is 5.82 Å². The van der Waals surface area contributed by atoms with Crippen LogP contribution >= 0.6 is 15.9 Å². The number of aromatic nitrogens is 4. The van der Waals surface area contributed by atoms with Crippen molar-refractivity contribution in [2.75, 3.05) is 11.9 Å². The van der Waals surface area contributed by atoms with Crippen LogP contribution < -0.4 is 10.6 Å².